The van der Waals surface area contributed by atoms with Crippen molar-refractivity contribution in [2.45, 2.75) is 59.6 Å². The van der Waals surface area contributed by atoms with Crippen LogP contribution in [-0.4, -0.2) is 31.5 Å². The minimum atomic E-state index is -0.335. The summed E-state index contributed by atoms with van der Waals surface area (Å²) in [6.45, 7) is 11.7. The molecule has 4 heteroatoms. The Morgan fingerprint density at radius 1 is 1.29 bits per heavy atom. The molecule has 0 saturated carbocycles. The van der Waals surface area contributed by atoms with E-state index in [2.05, 4.69) is 62.5 Å². The largest absolute Gasteiger partial charge is 0.449 e. The second kappa shape index (κ2) is 8.69. The van der Waals surface area contributed by atoms with Crippen molar-refractivity contribution in [2.75, 3.05) is 13.2 Å². The molecule has 1 aromatic rings. The quantitative estimate of drug-likeness (QED) is 0.702. The first-order valence-electron chi connectivity index (χ1n) is 10.6. The summed E-state index contributed by atoms with van der Waals surface area (Å²) in [4.78, 5) is 12.1. The molecule has 2 bridgehead atoms. The summed E-state index contributed by atoms with van der Waals surface area (Å²) in [6.07, 6.45) is 4.31. The summed E-state index contributed by atoms with van der Waals surface area (Å²) >= 11 is 0. The Kier molecular flexibility index (Phi) is 6.49. The number of ether oxygens (including phenoxy) is 2. The van der Waals surface area contributed by atoms with Crippen molar-refractivity contribution in [2.24, 2.45) is 23.2 Å². The van der Waals surface area contributed by atoms with Crippen molar-refractivity contribution in [1.82, 2.24) is 5.32 Å². The molecule has 5 atom stereocenters. The molecule has 0 aromatic heterocycles. The van der Waals surface area contributed by atoms with Gasteiger partial charge in [-0.05, 0) is 51.0 Å². The summed E-state index contributed by atoms with van der Waals surface area (Å²) in [6, 6.07) is 10.7. The third kappa shape index (κ3) is 4.27. The Morgan fingerprint density at radius 2 is 2.00 bits per heavy atom. The van der Waals surface area contributed by atoms with E-state index < -0.39 is 0 Å². The van der Waals surface area contributed by atoms with Gasteiger partial charge in [0.15, 0.2) is 0 Å². The fourth-order valence-electron chi connectivity index (χ4n) is 5.08. The summed E-state index contributed by atoms with van der Waals surface area (Å²) in [7, 11) is 0. The van der Waals surface area contributed by atoms with Gasteiger partial charge in [-0.2, -0.15) is 0 Å². The summed E-state index contributed by atoms with van der Waals surface area (Å²) in [5, 5.41) is 2.82. The SMILES string of the molecule is CC1=CC(C)[C@]2(COC(=O)NC(C)C)COC(CCc3ccccc3)C1[C@H]2C. The van der Waals surface area contributed by atoms with Crippen molar-refractivity contribution in [3.63, 3.8) is 0 Å². The molecule has 1 amide bonds. The topological polar surface area (TPSA) is 47.6 Å². The number of nitrogens with one attached hydrogen (secondary N) is 1. The van der Waals surface area contributed by atoms with E-state index in [-0.39, 0.29) is 23.7 Å². The van der Waals surface area contributed by atoms with Crippen LogP contribution >= 0.6 is 0 Å². The smallest absolute Gasteiger partial charge is 0.407 e. The van der Waals surface area contributed by atoms with Gasteiger partial charge in [0.25, 0.3) is 0 Å². The van der Waals surface area contributed by atoms with E-state index in [0.29, 0.717) is 31.0 Å². The molecule has 1 aromatic carbocycles. The van der Waals surface area contributed by atoms with Gasteiger partial charge in [-0.1, -0.05) is 55.8 Å². The van der Waals surface area contributed by atoms with E-state index in [4.69, 9.17) is 9.47 Å². The highest BCUT2D eigenvalue weighted by Gasteiger charge is 2.54. The van der Waals surface area contributed by atoms with Crippen LogP contribution in [0.5, 0.6) is 0 Å². The maximum Gasteiger partial charge on any atom is 0.407 e. The lowest BCUT2D eigenvalue weighted by molar-refractivity contribution is -0.164. The molecule has 3 unspecified atom stereocenters. The molecule has 1 saturated heterocycles. The summed E-state index contributed by atoms with van der Waals surface area (Å²) in [5.74, 6) is 1.11. The van der Waals surface area contributed by atoms with Crippen molar-refractivity contribution < 1.29 is 14.3 Å². The van der Waals surface area contributed by atoms with E-state index >= 15 is 0 Å². The minimum Gasteiger partial charge on any atom is -0.449 e. The molecule has 3 rings (SSSR count). The monoisotopic (exact) mass is 385 g/mol. The number of alkyl carbamates (subject to hydrolysis) is 1. The number of allylic oxidation sites excluding steroid dienone is 1. The van der Waals surface area contributed by atoms with Gasteiger partial charge in [-0.3, -0.25) is 0 Å². The predicted octanol–water partition coefficient (Wildman–Crippen LogP) is 4.99. The van der Waals surface area contributed by atoms with Crippen molar-refractivity contribution >= 4 is 6.09 Å². The van der Waals surface area contributed by atoms with Crippen LogP contribution in [0.1, 0.15) is 46.6 Å². The predicted molar refractivity (Wildman–Crippen MR) is 112 cm³/mol. The van der Waals surface area contributed by atoms with Crippen molar-refractivity contribution in [3.8, 4) is 0 Å². The maximum atomic E-state index is 12.1. The van der Waals surface area contributed by atoms with Gasteiger partial charge >= 0.3 is 6.09 Å². The molecular weight excluding hydrogens is 350 g/mol. The lowest BCUT2D eigenvalue weighted by Gasteiger charge is -2.55. The van der Waals surface area contributed by atoms with Gasteiger partial charge in [-0.25, -0.2) is 4.79 Å². The average molecular weight is 386 g/mol. The highest BCUT2D eigenvalue weighted by Crippen LogP contribution is 2.53. The number of fused-ring (bicyclic) bond motifs is 2. The zero-order chi connectivity index (χ0) is 20.3. The second-order valence-electron chi connectivity index (χ2n) is 9.00. The van der Waals surface area contributed by atoms with E-state index in [0.717, 1.165) is 12.8 Å². The van der Waals surface area contributed by atoms with Crippen LogP contribution < -0.4 is 5.32 Å². The van der Waals surface area contributed by atoms with E-state index in [1.54, 1.807) is 0 Å². The number of benzene rings is 1. The van der Waals surface area contributed by atoms with Crippen molar-refractivity contribution in [3.05, 3.63) is 47.5 Å². The first-order chi connectivity index (χ1) is 13.3. The normalized spacial score (nSPS) is 32.0. The Hall–Kier alpha value is -1.81. The highest BCUT2D eigenvalue weighted by molar-refractivity contribution is 5.67. The molecular formula is C24H35NO3. The Labute approximate surface area is 169 Å². The molecule has 1 fully saturated rings. The molecule has 2 aliphatic rings. The Morgan fingerprint density at radius 3 is 2.68 bits per heavy atom. The van der Waals surface area contributed by atoms with Gasteiger partial charge < -0.3 is 14.8 Å². The molecule has 0 radical (unpaired) electrons. The second-order valence-corrected chi connectivity index (χ2v) is 9.00. The van der Waals surface area contributed by atoms with Crippen LogP contribution in [0.25, 0.3) is 0 Å². The summed E-state index contributed by atoms with van der Waals surface area (Å²) < 4.78 is 12.1. The first kappa shape index (κ1) is 20.9. The number of carbonyl (C=O) groups is 1. The molecule has 1 aliphatic carbocycles. The lowest BCUT2D eigenvalue weighted by Crippen LogP contribution is -2.57. The molecule has 1 heterocycles. The van der Waals surface area contributed by atoms with Gasteiger partial charge in [-0.15, -0.1) is 0 Å². The van der Waals surface area contributed by atoms with Crippen LogP contribution in [-0.2, 0) is 15.9 Å². The molecule has 0 spiro atoms. The molecule has 154 valence electrons. The van der Waals surface area contributed by atoms with Crippen LogP contribution in [0, 0.1) is 23.2 Å². The zero-order valence-electron chi connectivity index (χ0n) is 17.9. The number of hydrogen-bond acceptors (Lipinski definition) is 3. The van der Waals surface area contributed by atoms with Gasteiger partial charge in [0, 0.05) is 17.4 Å². The van der Waals surface area contributed by atoms with Crippen LogP contribution in [0.15, 0.2) is 42.0 Å². The molecule has 4 nitrogen and oxygen atoms in total. The number of aryl methyl sites for hydroxylation is 1. The van der Waals surface area contributed by atoms with Gasteiger partial charge in [0.1, 0.15) is 6.61 Å². The minimum absolute atomic E-state index is 0.0751. The molecule has 1 aliphatic heterocycles. The number of amides is 1. The van der Waals surface area contributed by atoms with Gasteiger partial charge in [0.2, 0.25) is 0 Å². The van der Waals surface area contributed by atoms with Crippen molar-refractivity contribution in [1.29, 1.82) is 0 Å². The van der Waals surface area contributed by atoms with E-state index in [1.165, 1.54) is 11.1 Å². The average Bonchev–Trinajstić information content (AvgIpc) is 2.64. The van der Waals surface area contributed by atoms with E-state index in [9.17, 15) is 4.79 Å². The number of rotatable bonds is 6. The number of carbonyl (C=O) groups excluding carboxylic acids is 1. The molecule has 28 heavy (non-hydrogen) atoms. The third-order valence-electron chi connectivity index (χ3n) is 6.80. The number of hydrogen-bond donors (Lipinski definition) is 1. The fourth-order valence-corrected chi connectivity index (χ4v) is 5.08. The Bertz CT molecular complexity index is 699. The van der Waals surface area contributed by atoms with Gasteiger partial charge in [0.05, 0.1) is 12.7 Å². The Balaban J connectivity index is 1.71. The van der Waals surface area contributed by atoms with Crippen LogP contribution in [0.4, 0.5) is 4.79 Å². The van der Waals surface area contributed by atoms with Crippen LogP contribution in [0.2, 0.25) is 0 Å². The maximum absolute atomic E-state index is 12.1. The molecule has 1 N–H and O–H groups in total. The van der Waals surface area contributed by atoms with E-state index in [1.807, 2.05) is 13.8 Å². The lowest BCUT2D eigenvalue weighted by atomic mass is 9.56. The first-order valence-corrected chi connectivity index (χ1v) is 10.6. The third-order valence-corrected chi connectivity index (χ3v) is 6.80. The fraction of sp³-hybridized carbons (Fsp3) is 0.625. The summed E-state index contributed by atoms with van der Waals surface area (Å²) in [5.41, 5.74) is 2.62. The van der Waals surface area contributed by atoms with Crippen LogP contribution in [0.3, 0.4) is 0 Å². The zero-order valence-corrected chi connectivity index (χ0v) is 17.9. The standard InChI is InChI=1S/C24H35NO3/c1-16(2)25-23(26)28-15-24-14-27-21(12-11-20-9-7-6-8-10-20)22(19(24)5)17(3)13-18(24)4/h6-10,13,16,18-19,21-22H,11-12,14-15H2,1-5H3,(H,25,26)/t18?,19-,21?,22?,24-/m1/s1. The highest BCUT2D eigenvalue weighted by atomic mass is 16.6.